The molecule has 0 rings (SSSR count). The molecule has 0 bridgehead atoms. The molecule has 0 aliphatic heterocycles. The Balaban J connectivity index is 0. The van der Waals surface area contributed by atoms with Crippen molar-refractivity contribution in [2.45, 2.75) is 65.5 Å². The zero-order chi connectivity index (χ0) is 22.3. The summed E-state index contributed by atoms with van der Waals surface area (Å²) in [6, 6.07) is 0.00595. The minimum Gasteiger partial charge on any atom is -0.444 e. The largest absolute Gasteiger partial charge is 0.444 e. The summed E-state index contributed by atoms with van der Waals surface area (Å²) in [5.41, 5.74) is -0.538. The van der Waals surface area contributed by atoms with Crippen LogP contribution in [-0.2, 0) is 19.3 Å². The third-order valence-electron chi connectivity index (χ3n) is 3.59. The van der Waals surface area contributed by atoms with Crippen molar-refractivity contribution in [3.05, 3.63) is 0 Å². The van der Waals surface area contributed by atoms with E-state index in [0.717, 1.165) is 19.3 Å². The van der Waals surface area contributed by atoms with Gasteiger partial charge in [0.15, 0.2) is 5.96 Å². The fourth-order valence-corrected chi connectivity index (χ4v) is 2.66. The lowest BCUT2D eigenvalue weighted by molar-refractivity contribution is 0.0522. The Kier molecular flexibility index (Phi) is 17.6. The maximum absolute atomic E-state index is 11.9. The number of carbonyl (C=O) groups is 1. The highest BCUT2D eigenvalue weighted by molar-refractivity contribution is 14.0. The van der Waals surface area contributed by atoms with Crippen LogP contribution < -0.4 is 16.0 Å². The van der Waals surface area contributed by atoms with Crippen LogP contribution >= 0.6 is 24.0 Å². The van der Waals surface area contributed by atoms with Gasteiger partial charge in [0, 0.05) is 25.4 Å². The Morgan fingerprint density at radius 1 is 1.13 bits per heavy atom. The standard InChI is InChI=1S/C19H40N4O5S.HI/c1-7-9-10-16(15-22-18(24)28-19(3,4)5)23-17(20-8-2)21-11-12-27-13-14-29(6,25)26;/h16H,7-15H2,1-6H3,(H,22,24)(H2,20,21,23);1H. The zero-order valence-electron chi connectivity index (χ0n) is 19.2. The van der Waals surface area contributed by atoms with E-state index < -0.39 is 21.5 Å². The van der Waals surface area contributed by atoms with Crippen molar-refractivity contribution in [1.82, 2.24) is 16.0 Å². The van der Waals surface area contributed by atoms with Gasteiger partial charge in [0.25, 0.3) is 0 Å². The molecule has 30 heavy (non-hydrogen) atoms. The molecule has 0 heterocycles. The summed E-state index contributed by atoms with van der Waals surface area (Å²) in [6.07, 6.45) is 3.68. The van der Waals surface area contributed by atoms with Crippen molar-refractivity contribution >= 4 is 45.9 Å². The number of nitrogens with zero attached hydrogens (tertiary/aromatic N) is 1. The maximum Gasteiger partial charge on any atom is 0.407 e. The van der Waals surface area contributed by atoms with E-state index in [-0.39, 0.29) is 42.4 Å². The molecule has 0 fully saturated rings. The van der Waals surface area contributed by atoms with E-state index in [4.69, 9.17) is 9.47 Å². The Labute approximate surface area is 199 Å². The maximum atomic E-state index is 11.9. The Hall–Kier alpha value is -0.820. The van der Waals surface area contributed by atoms with Crippen LogP contribution in [0, 0.1) is 0 Å². The lowest BCUT2D eigenvalue weighted by Gasteiger charge is -2.24. The second kappa shape index (κ2) is 16.8. The predicted molar refractivity (Wildman–Crippen MR) is 133 cm³/mol. The lowest BCUT2D eigenvalue weighted by Crippen LogP contribution is -2.49. The van der Waals surface area contributed by atoms with Gasteiger partial charge in [-0.3, -0.25) is 4.99 Å². The molecule has 0 aromatic rings. The Morgan fingerprint density at radius 3 is 2.33 bits per heavy atom. The summed E-state index contributed by atoms with van der Waals surface area (Å²) in [4.78, 5) is 16.4. The fraction of sp³-hybridized carbons (Fsp3) is 0.895. The third-order valence-corrected chi connectivity index (χ3v) is 4.50. The molecule has 0 saturated carbocycles. The van der Waals surface area contributed by atoms with Crippen LogP contribution in [0.5, 0.6) is 0 Å². The van der Waals surface area contributed by atoms with Gasteiger partial charge < -0.3 is 25.4 Å². The van der Waals surface area contributed by atoms with Crippen LogP contribution in [0.4, 0.5) is 4.79 Å². The van der Waals surface area contributed by atoms with E-state index in [2.05, 4.69) is 27.9 Å². The number of ether oxygens (including phenoxy) is 2. The smallest absolute Gasteiger partial charge is 0.407 e. The first kappa shape index (κ1) is 31.4. The van der Waals surface area contributed by atoms with Gasteiger partial charge in [-0.2, -0.15) is 0 Å². The topological polar surface area (TPSA) is 118 Å². The van der Waals surface area contributed by atoms with Gasteiger partial charge in [-0.05, 0) is 34.1 Å². The number of rotatable bonds is 13. The van der Waals surface area contributed by atoms with Gasteiger partial charge >= 0.3 is 6.09 Å². The predicted octanol–water partition coefficient (Wildman–Crippen LogP) is 2.30. The number of hydrogen-bond acceptors (Lipinski definition) is 6. The molecule has 1 unspecified atom stereocenters. The van der Waals surface area contributed by atoms with E-state index in [9.17, 15) is 13.2 Å². The minimum atomic E-state index is -3.02. The Bertz CT molecular complexity index is 594. The summed E-state index contributed by atoms with van der Waals surface area (Å²) in [7, 11) is -3.02. The number of guanidine groups is 1. The van der Waals surface area contributed by atoms with Gasteiger partial charge in [0.2, 0.25) is 0 Å². The molecule has 3 N–H and O–H groups in total. The van der Waals surface area contributed by atoms with Crippen molar-refractivity contribution in [3.63, 3.8) is 0 Å². The van der Waals surface area contributed by atoms with Crippen LogP contribution in [0.3, 0.4) is 0 Å². The normalized spacial score (nSPS) is 13.2. The van der Waals surface area contributed by atoms with Crippen molar-refractivity contribution < 1.29 is 22.7 Å². The second-order valence-corrected chi connectivity index (χ2v) is 10.1. The highest BCUT2D eigenvalue weighted by Crippen LogP contribution is 2.07. The second-order valence-electron chi connectivity index (χ2n) is 7.87. The molecule has 0 aliphatic carbocycles. The first-order valence-corrected chi connectivity index (χ1v) is 12.3. The zero-order valence-corrected chi connectivity index (χ0v) is 22.4. The van der Waals surface area contributed by atoms with Crippen molar-refractivity contribution in [2.24, 2.45) is 4.99 Å². The molecule has 1 atom stereocenters. The number of halogens is 1. The van der Waals surface area contributed by atoms with Gasteiger partial charge in [-0.25, -0.2) is 13.2 Å². The van der Waals surface area contributed by atoms with E-state index in [1.165, 1.54) is 6.26 Å². The fourth-order valence-electron chi connectivity index (χ4n) is 2.24. The Morgan fingerprint density at radius 2 is 1.80 bits per heavy atom. The molecular formula is C19H41IN4O5S. The van der Waals surface area contributed by atoms with E-state index >= 15 is 0 Å². The minimum absolute atomic E-state index is 0. The molecule has 0 aromatic carbocycles. The molecule has 0 aliphatic rings. The number of carbonyl (C=O) groups excluding carboxylic acids is 1. The summed E-state index contributed by atoms with van der Waals surface area (Å²) in [5, 5.41) is 9.32. The number of aliphatic imine (C=N–C) groups is 1. The number of amides is 1. The molecule has 0 radical (unpaired) electrons. The van der Waals surface area contributed by atoms with Crippen molar-refractivity contribution in [3.8, 4) is 0 Å². The summed E-state index contributed by atoms with van der Waals surface area (Å²) in [6.45, 7) is 11.6. The molecule has 1 amide bonds. The monoisotopic (exact) mass is 564 g/mol. The highest BCUT2D eigenvalue weighted by atomic mass is 127. The molecular weight excluding hydrogens is 523 g/mol. The summed E-state index contributed by atoms with van der Waals surface area (Å²) >= 11 is 0. The average Bonchev–Trinajstić information content (AvgIpc) is 2.57. The average molecular weight is 565 g/mol. The summed E-state index contributed by atoms with van der Waals surface area (Å²) < 4.78 is 32.8. The van der Waals surface area contributed by atoms with Crippen LogP contribution in [0.25, 0.3) is 0 Å². The van der Waals surface area contributed by atoms with E-state index in [0.29, 0.717) is 32.2 Å². The van der Waals surface area contributed by atoms with Crippen molar-refractivity contribution in [1.29, 1.82) is 0 Å². The molecule has 11 heteroatoms. The SMILES string of the molecule is CCCCC(CNC(=O)OC(C)(C)C)NC(=NCCOCCS(C)(=O)=O)NCC.I. The highest BCUT2D eigenvalue weighted by Gasteiger charge is 2.18. The molecule has 0 spiro atoms. The number of unbranched alkanes of at least 4 members (excludes halogenated alkanes) is 1. The summed E-state index contributed by atoms with van der Waals surface area (Å²) in [5.74, 6) is 0.635. The number of nitrogens with one attached hydrogen (secondary N) is 3. The quantitative estimate of drug-likeness (QED) is 0.136. The number of sulfone groups is 1. The van der Waals surface area contributed by atoms with Crippen LogP contribution in [0.15, 0.2) is 4.99 Å². The van der Waals surface area contributed by atoms with Crippen LogP contribution in [0.1, 0.15) is 53.9 Å². The third kappa shape index (κ3) is 20.5. The molecule has 0 saturated heterocycles. The molecule has 180 valence electrons. The first-order chi connectivity index (χ1) is 13.5. The lowest BCUT2D eigenvalue weighted by atomic mass is 10.1. The van der Waals surface area contributed by atoms with Crippen molar-refractivity contribution in [2.75, 3.05) is 44.9 Å². The van der Waals surface area contributed by atoms with Crippen LogP contribution in [0.2, 0.25) is 0 Å². The first-order valence-electron chi connectivity index (χ1n) is 10.2. The van der Waals surface area contributed by atoms with Gasteiger partial charge in [0.1, 0.15) is 15.4 Å². The van der Waals surface area contributed by atoms with Crippen LogP contribution in [-0.4, -0.2) is 77.0 Å². The van der Waals surface area contributed by atoms with Gasteiger partial charge in [-0.1, -0.05) is 19.8 Å². The number of hydrogen-bond donors (Lipinski definition) is 3. The van der Waals surface area contributed by atoms with E-state index in [1.54, 1.807) is 0 Å². The van der Waals surface area contributed by atoms with Gasteiger partial charge in [0.05, 0.1) is 25.5 Å². The van der Waals surface area contributed by atoms with E-state index in [1.807, 2.05) is 27.7 Å². The number of alkyl carbamates (subject to hydrolysis) is 1. The van der Waals surface area contributed by atoms with Gasteiger partial charge in [-0.15, -0.1) is 24.0 Å². The molecule has 0 aromatic heterocycles. The molecule has 9 nitrogen and oxygen atoms in total.